The predicted molar refractivity (Wildman–Crippen MR) is 174 cm³/mol. The van der Waals surface area contributed by atoms with E-state index in [1.54, 1.807) is 11.3 Å². The zero-order valence-electron chi connectivity index (χ0n) is 21.7. The molecule has 0 amide bonds. The van der Waals surface area contributed by atoms with E-state index in [0.29, 0.717) is 15.8 Å². The summed E-state index contributed by atoms with van der Waals surface area (Å²) in [5.74, 6) is 0. The molecule has 6 heteroatoms. The van der Waals surface area contributed by atoms with E-state index in [9.17, 15) is 0 Å². The summed E-state index contributed by atoms with van der Waals surface area (Å²) >= 11 is 1.78. The van der Waals surface area contributed by atoms with Crippen molar-refractivity contribution in [2.75, 3.05) is 0 Å². The van der Waals surface area contributed by atoms with Crippen molar-refractivity contribution in [1.29, 1.82) is 0 Å². The van der Waals surface area contributed by atoms with Crippen LogP contribution >= 0.6 is 11.3 Å². The molecule has 0 bridgehead atoms. The van der Waals surface area contributed by atoms with Gasteiger partial charge in [-0.2, -0.15) is 4.36 Å². The van der Waals surface area contributed by atoms with Crippen LogP contribution < -0.4 is 0 Å². The molecule has 2 aromatic heterocycles. The Labute approximate surface area is 240 Å². The zero-order chi connectivity index (χ0) is 27.1. The molecule has 0 fully saturated rings. The Bertz CT molecular complexity index is 2530. The molecular formula is C35H21N3OS2. The van der Waals surface area contributed by atoms with E-state index >= 15 is 4.21 Å². The van der Waals surface area contributed by atoms with E-state index in [4.69, 9.17) is 9.36 Å². The number of fused-ring (bicyclic) bond motifs is 11. The van der Waals surface area contributed by atoms with Gasteiger partial charge in [0.1, 0.15) is 9.73 Å². The third-order valence-electron chi connectivity index (χ3n) is 7.98. The van der Waals surface area contributed by atoms with Gasteiger partial charge >= 0.3 is 0 Å². The number of para-hydroxylation sites is 2. The van der Waals surface area contributed by atoms with Crippen LogP contribution in [0.4, 0.5) is 11.4 Å². The van der Waals surface area contributed by atoms with Crippen molar-refractivity contribution in [2.45, 2.75) is 4.90 Å². The van der Waals surface area contributed by atoms with Crippen molar-refractivity contribution in [3.8, 4) is 0 Å². The summed E-state index contributed by atoms with van der Waals surface area (Å²) in [4.78, 5) is 5.82. The lowest BCUT2D eigenvalue weighted by atomic mass is 9.99. The van der Waals surface area contributed by atoms with Gasteiger partial charge in [0.2, 0.25) is 5.17 Å². The van der Waals surface area contributed by atoms with Crippen LogP contribution in [0.25, 0.3) is 52.8 Å². The maximum Gasteiger partial charge on any atom is 0.218 e. The summed E-state index contributed by atoms with van der Waals surface area (Å²) in [6.45, 7) is 0. The van der Waals surface area contributed by atoms with Crippen molar-refractivity contribution in [1.82, 2.24) is 4.57 Å². The highest BCUT2D eigenvalue weighted by Gasteiger charge is 2.31. The molecule has 1 aliphatic rings. The first-order chi connectivity index (χ1) is 20.2. The highest BCUT2D eigenvalue weighted by Crippen LogP contribution is 2.48. The molecule has 41 heavy (non-hydrogen) atoms. The van der Waals surface area contributed by atoms with Crippen molar-refractivity contribution in [3.63, 3.8) is 0 Å². The van der Waals surface area contributed by atoms with Crippen LogP contribution in [0, 0.1) is 0 Å². The summed E-state index contributed by atoms with van der Waals surface area (Å²) in [6.07, 6.45) is 0. The van der Waals surface area contributed by atoms with E-state index in [-0.39, 0.29) is 0 Å². The normalized spacial score (nSPS) is 16.8. The van der Waals surface area contributed by atoms with Gasteiger partial charge in [-0.15, -0.1) is 11.3 Å². The molecule has 0 spiro atoms. The average Bonchev–Trinajstić information content (AvgIpc) is 3.58. The number of nitrogens with zero attached hydrogens (tertiary/aromatic N) is 3. The Morgan fingerprint density at radius 1 is 0.585 bits per heavy atom. The van der Waals surface area contributed by atoms with E-state index in [1.807, 2.05) is 60.7 Å². The van der Waals surface area contributed by atoms with Gasteiger partial charge < -0.3 is 0 Å². The molecule has 0 saturated heterocycles. The number of hydrogen-bond acceptors (Lipinski definition) is 4. The molecule has 0 N–H and O–H groups in total. The molecule has 0 radical (unpaired) electrons. The molecule has 4 nitrogen and oxygen atoms in total. The molecule has 0 saturated carbocycles. The van der Waals surface area contributed by atoms with Crippen LogP contribution in [-0.4, -0.2) is 13.9 Å². The average molecular weight is 564 g/mol. The second-order valence-electron chi connectivity index (χ2n) is 10.2. The van der Waals surface area contributed by atoms with Gasteiger partial charge in [0.25, 0.3) is 0 Å². The fourth-order valence-electron chi connectivity index (χ4n) is 6.24. The molecule has 3 heterocycles. The quantitative estimate of drug-likeness (QED) is 0.196. The topological polar surface area (TPSA) is 46.7 Å². The fraction of sp³-hybridized carbons (Fsp3) is 0. The first-order valence-electron chi connectivity index (χ1n) is 13.5. The zero-order valence-corrected chi connectivity index (χ0v) is 23.3. The monoisotopic (exact) mass is 563 g/mol. The van der Waals surface area contributed by atoms with Crippen LogP contribution in [0.3, 0.4) is 0 Å². The number of hydrogen-bond donors (Lipinski definition) is 0. The van der Waals surface area contributed by atoms with Gasteiger partial charge in [0.05, 0.1) is 32.0 Å². The SMILES string of the molecule is O=S1(c2ccccc2)=Nc2ccccc2N=C1n1c2ccccc2c2c3ccccc3c3c4ccccc4sc3c21. The van der Waals surface area contributed by atoms with Gasteiger partial charge in [-0.05, 0) is 47.2 Å². The second-order valence-corrected chi connectivity index (χ2v) is 13.4. The molecule has 1 atom stereocenters. The molecule has 9 rings (SSSR count). The van der Waals surface area contributed by atoms with E-state index in [2.05, 4.69) is 71.3 Å². The number of aromatic nitrogens is 1. The summed E-state index contributed by atoms with van der Waals surface area (Å²) in [5, 5.41) is 7.54. The molecule has 1 unspecified atom stereocenters. The van der Waals surface area contributed by atoms with Crippen molar-refractivity contribution in [3.05, 3.63) is 127 Å². The third kappa shape index (κ3) is 3.09. The van der Waals surface area contributed by atoms with Crippen LogP contribution in [0.5, 0.6) is 0 Å². The number of thiophene rings is 1. The largest absolute Gasteiger partial charge is 0.284 e. The van der Waals surface area contributed by atoms with Gasteiger partial charge in [-0.3, -0.25) is 4.57 Å². The van der Waals surface area contributed by atoms with Gasteiger partial charge in [-0.25, -0.2) is 9.20 Å². The van der Waals surface area contributed by atoms with Crippen LogP contribution in [0.15, 0.2) is 142 Å². The Balaban J connectivity index is 1.56. The van der Waals surface area contributed by atoms with Crippen molar-refractivity contribution < 1.29 is 4.21 Å². The Kier molecular flexibility index (Phi) is 4.69. The molecule has 6 aromatic carbocycles. The summed E-state index contributed by atoms with van der Waals surface area (Å²) in [7, 11) is -3.14. The van der Waals surface area contributed by atoms with E-state index in [1.165, 1.54) is 26.2 Å². The predicted octanol–water partition coefficient (Wildman–Crippen LogP) is 10.0. The minimum Gasteiger partial charge on any atom is -0.284 e. The first kappa shape index (κ1) is 23.0. The van der Waals surface area contributed by atoms with Crippen molar-refractivity contribution >= 4 is 90.4 Å². The summed E-state index contributed by atoms with van der Waals surface area (Å²) < 4.78 is 24.8. The highest BCUT2D eigenvalue weighted by atomic mass is 32.2. The lowest BCUT2D eigenvalue weighted by molar-refractivity contribution is 0.683. The maximum atomic E-state index is 15.3. The lowest BCUT2D eigenvalue weighted by Gasteiger charge is -2.21. The van der Waals surface area contributed by atoms with Gasteiger partial charge in [-0.1, -0.05) is 91.0 Å². The van der Waals surface area contributed by atoms with Gasteiger partial charge in [0, 0.05) is 26.2 Å². The lowest BCUT2D eigenvalue weighted by Crippen LogP contribution is -2.24. The standard InChI is InChI=1S/C35H21N3OS2/c39-41(22-12-2-1-3-13-22)35(36-27-18-8-9-19-28(27)37-41)38-29-20-10-6-16-25(29)31-23-14-4-5-15-24(23)32-26-17-7-11-21-30(26)40-34(32)33(31)38/h1-21H. The first-order valence-corrected chi connectivity index (χ1v) is 15.8. The fourth-order valence-corrected chi connectivity index (χ4v) is 9.52. The third-order valence-corrected chi connectivity index (χ3v) is 11.3. The smallest absolute Gasteiger partial charge is 0.218 e. The Morgan fingerprint density at radius 2 is 1.20 bits per heavy atom. The van der Waals surface area contributed by atoms with E-state index in [0.717, 1.165) is 32.2 Å². The minimum atomic E-state index is -3.14. The van der Waals surface area contributed by atoms with Crippen LogP contribution in [0.2, 0.25) is 0 Å². The summed E-state index contributed by atoms with van der Waals surface area (Å²) in [5.41, 5.74) is 3.35. The van der Waals surface area contributed by atoms with E-state index < -0.39 is 9.73 Å². The highest BCUT2D eigenvalue weighted by molar-refractivity contribution is 8.08. The Morgan fingerprint density at radius 3 is 2.00 bits per heavy atom. The maximum absolute atomic E-state index is 15.3. The van der Waals surface area contributed by atoms with Gasteiger partial charge in [0.15, 0.2) is 0 Å². The molecule has 194 valence electrons. The molecule has 8 aromatic rings. The number of benzene rings is 6. The van der Waals surface area contributed by atoms with Crippen LogP contribution in [-0.2, 0) is 9.73 Å². The molecular weight excluding hydrogens is 543 g/mol. The second kappa shape index (κ2) is 8.36. The minimum absolute atomic E-state index is 0.447. The number of aliphatic imine (C=N–C) groups is 1. The number of rotatable bonds is 1. The summed E-state index contributed by atoms with van der Waals surface area (Å²) in [6, 6.07) is 42.9. The van der Waals surface area contributed by atoms with Crippen LogP contribution in [0.1, 0.15) is 0 Å². The molecule has 0 aliphatic carbocycles. The molecule has 1 aliphatic heterocycles. The Hall–Kier alpha value is -4.78. The van der Waals surface area contributed by atoms with Crippen molar-refractivity contribution in [2.24, 2.45) is 9.36 Å².